The first-order chi connectivity index (χ1) is 7.86. The normalized spacial score (nSPS) is 21.6. The van der Waals surface area contributed by atoms with Gasteiger partial charge in [-0.2, -0.15) is 0 Å². The second kappa shape index (κ2) is 5.70. The van der Waals surface area contributed by atoms with Crippen LogP contribution in [-0.4, -0.2) is 31.6 Å². The summed E-state index contributed by atoms with van der Waals surface area (Å²) in [5.41, 5.74) is 1.12. The molecule has 1 aromatic rings. The minimum Gasteiger partial charge on any atom is -0.391 e. The summed E-state index contributed by atoms with van der Waals surface area (Å²) in [5, 5.41) is 3.95. The molecule has 1 atom stereocenters. The van der Waals surface area contributed by atoms with Crippen LogP contribution in [0.1, 0.15) is 18.4 Å². The monoisotopic (exact) mass is 214 g/mol. The molecular weight excluding hydrogens is 199 g/mol. The summed E-state index contributed by atoms with van der Waals surface area (Å²) in [6.07, 6.45) is 3.98. The van der Waals surface area contributed by atoms with Gasteiger partial charge in [0, 0.05) is 6.04 Å². The molecule has 82 valence electrons. The maximum Gasteiger partial charge on any atom is 0.183 e. The van der Waals surface area contributed by atoms with Crippen molar-refractivity contribution in [3.8, 4) is 0 Å². The molecule has 0 amide bonds. The minimum atomic E-state index is 0.232. The average molecular weight is 214 g/mol. The highest BCUT2D eigenvalue weighted by Gasteiger charge is 2.17. The van der Waals surface area contributed by atoms with Crippen molar-refractivity contribution in [2.24, 2.45) is 5.16 Å². The molecule has 2 radical (unpaired) electrons. The topological polar surface area (TPSA) is 24.8 Å². The Morgan fingerprint density at radius 1 is 1.44 bits per heavy atom. The van der Waals surface area contributed by atoms with Gasteiger partial charge in [-0.05, 0) is 24.9 Å². The van der Waals surface area contributed by atoms with E-state index in [-0.39, 0.29) is 6.04 Å². The summed E-state index contributed by atoms with van der Waals surface area (Å²) >= 11 is 0. The first kappa shape index (κ1) is 11.2. The lowest BCUT2D eigenvalue weighted by atomic mass is 10.2. The van der Waals surface area contributed by atoms with Gasteiger partial charge in [0.15, 0.2) is 7.98 Å². The van der Waals surface area contributed by atoms with Gasteiger partial charge in [0.05, 0.1) is 6.21 Å². The summed E-state index contributed by atoms with van der Waals surface area (Å²) < 4.78 is 0. The van der Waals surface area contributed by atoms with Crippen LogP contribution in [0.5, 0.6) is 0 Å². The number of hydrogen-bond donors (Lipinski definition) is 0. The molecule has 1 aliphatic rings. The third-order valence-electron chi connectivity index (χ3n) is 2.72. The fourth-order valence-electron chi connectivity index (χ4n) is 1.77. The quantitative estimate of drug-likeness (QED) is 0.433. The van der Waals surface area contributed by atoms with E-state index in [2.05, 4.69) is 5.16 Å². The highest BCUT2D eigenvalue weighted by Crippen LogP contribution is 2.12. The summed E-state index contributed by atoms with van der Waals surface area (Å²) in [7, 11) is 5.76. The Bertz CT molecular complexity index is 342. The molecular formula is C12H15BN2O. The summed E-state index contributed by atoms with van der Waals surface area (Å²) in [4.78, 5) is 7.02. The molecule has 1 saturated heterocycles. The third kappa shape index (κ3) is 3.10. The van der Waals surface area contributed by atoms with Gasteiger partial charge in [0.2, 0.25) is 0 Å². The van der Waals surface area contributed by atoms with Gasteiger partial charge in [-0.3, -0.25) is 0 Å². The second-order valence-electron chi connectivity index (χ2n) is 3.96. The van der Waals surface area contributed by atoms with Crippen LogP contribution in [0.3, 0.4) is 0 Å². The van der Waals surface area contributed by atoms with Crippen LogP contribution in [0.4, 0.5) is 0 Å². The molecule has 2 rings (SSSR count). The van der Waals surface area contributed by atoms with Gasteiger partial charge < -0.3 is 9.65 Å². The molecule has 1 aliphatic heterocycles. The Labute approximate surface area is 97.5 Å². The number of hydrogen-bond acceptors (Lipinski definition) is 3. The minimum absolute atomic E-state index is 0.232. The Morgan fingerprint density at radius 2 is 2.25 bits per heavy atom. The number of oxime groups is 1. The van der Waals surface area contributed by atoms with Crippen LogP contribution < -0.4 is 0 Å². The molecule has 4 heteroatoms. The van der Waals surface area contributed by atoms with Gasteiger partial charge in [0.25, 0.3) is 0 Å². The maximum atomic E-state index is 5.76. The largest absolute Gasteiger partial charge is 0.391 e. The van der Waals surface area contributed by atoms with Crippen LogP contribution in [0, 0.1) is 0 Å². The first-order valence-electron chi connectivity index (χ1n) is 5.57. The van der Waals surface area contributed by atoms with Crippen molar-refractivity contribution in [1.29, 1.82) is 0 Å². The van der Waals surface area contributed by atoms with Gasteiger partial charge in [-0.15, -0.1) is 0 Å². The van der Waals surface area contributed by atoms with E-state index in [1.165, 1.54) is 0 Å². The van der Waals surface area contributed by atoms with E-state index in [1.807, 2.05) is 30.3 Å². The van der Waals surface area contributed by atoms with E-state index in [9.17, 15) is 0 Å². The Morgan fingerprint density at radius 3 is 2.94 bits per heavy atom. The third-order valence-corrected chi connectivity index (χ3v) is 2.72. The molecule has 0 spiro atoms. The molecule has 0 unspecified atom stereocenters. The SMILES string of the molecule is [B]N1CCC[C@H]1C=NOCc1ccccc1. The zero-order valence-electron chi connectivity index (χ0n) is 9.25. The standard InChI is InChI=1S/C12H15BN2O/c13-15-8-4-7-12(15)9-14-16-10-11-5-2-1-3-6-11/h1-3,5-6,9,12H,4,7-8,10H2/t12-/m0/s1. The molecule has 0 saturated carbocycles. The molecule has 1 heterocycles. The second-order valence-corrected chi connectivity index (χ2v) is 3.96. The van der Waals surface area contributed by atoms with Crippen molar-refractivity contribution in [2.75, 3.05) is 6.54 Å². The van der Waals surface area contributed by atoms with Gasteiger partial charge in [0.1, 0.15) is 6.61 Å². The van der Waals surface area contributed by atoms with E-state index in [0.717, 1.165) is 24.9 Å². The Balaban J connectivity index is 1.73. The lowest BCUT2D eigenvalue weighted by Gasteiger charge is -2.14. The molecule has 0 N–H and O–H groups in total. The highest BCUT2D eigenvalue weighted by atomic mass is 16.6. The molecule has 1 aromatic carbocycles. The number of rotatable bonds is 4. The predicted molar refractivity (Wildman–Crippen MR) is 65.2 cm³/mol. The van der Waals surface area contributed by atoms with Gasteiger partial charge in [-0.25, -0.2) is 0 Å². The van der Waals surface area contributed by atoms with E-state index in [0.29, 0.717) is 6.61 Å². The fourth-order valence-corrected chi connectivity index (χ4v) is 1.77. The lowest BCUT2D eigenvalue weighted by Crippen LogP contribution is -2.27. The fraction of sp³-hybridized carbons (Fsp3) is 0.417. The maximum absolute atomic E-state index is 5.76. The van der Waals surface area contributed by atoms with Crippen LogP contribution in [0.2, 0.25) is 0 Å². The van der Waals surface area contributed by atoms with Crippen LogP contribution in [-0.2, 0) is 11.4 Å². The van der Waals surface area contributed by atoms with Gasteiger partial charge in [-0.1, -0.05) is 35.5 Å². The smallest absolute Gasteiger partial charge is 0.183 e. The first-order valence-corrected chi connectivity index (χ1v) is 5.57. The van der Waals surface area contributed by atoms with Gasteiger partial charge >= 0.3 is 0 Å². The molecule has 0 aromatic heterocycles. The molecule has 3 nitrogen and oxygen atoms in total. The summed E-state index contributed by atoms with van der Waals surface area (Å²) in [5.74, 6) is 0. The van der Waals surface area contributed by atoms with Crippen molar-refractivity contribution in [1.82, 2.24) is 4.81 Å². The zero-order chi connectivity index (χ0) is 11.2. The molecule has 1 fully saturated rings. The van der Waals surface area contributed by atoms with E-state index in [1.54, 1.807) is 11.0 Å². The zero-order valence-corrected chi connectivity index (χ0v) is 9.25. The van der Waals surface area contributed by atoms with E-state index in [4.69, 9.17) is 12.8 Å². The molecule has 0 aliphatic carbocycles. The Hall–Kier alpha value is -1.29. The predicted octanol–water partition coefficient (Wildman–Crippen LogP) is 1.74. The number of benzene rings is 1. The van der Waals surface area contributed by atoms with Crippen molar-refractivity contribution < 1.29 is 4.84 Å². The van der Waals surface area contributed by atoms with Crippen LogP contribution in [0.15, 0.2) is 35.5 Å². The van der Waals surface area contributed by atoms with Crippen molar-refractivity contribution >= 4 is 14.2 Å². The Kier molecular flexibility index (Phi) is 4.00. The van der Waals surface area contributed by atoms with Crippen molar-refractivity contribution in [2.45, 2.75) is 25.5 Å². The van der Waals surface area contributed by atoms with Crippen molar-refractivity contribution in [3.63, 3.8) is 0 Å². The summed E-state index contributed by atoms with van der Waals surface area (Å²) in [6, 6.07) is 10.2. The van der Waals surface area contributed by atoms with Crippen LogP contribution >= 0.6 is 0 Å². The molecule has 0 bridgehead atoms. The molecule has 16 heavy (non-hydrogen) atoms. The highest BCUT2D eigenvalue weighted by molar-refractivity contribution is 6.06. The van der Waals surface area contributed by atoms with Crippen LogP contribution in [0.25, 0.3) is 0 Å². The van der Waals surface area contributed by atoms with E-state index < -0.39 is 0 Å². The summed E-state index contributed by atoms with van der Waals surface area (Å²) in [6.45, 7) is 1.45. The number of nitrogens with zero attached hydrogens (tertiary/aromatic N) is 2. The van der Waals surface area contributed by atoms with Crippen molar-refractivity contribution in [3.05, 3.63) is 35.9 Å². The average Bonchev–Trinajstić information content (AvgIpc) is 2.72. The lowest BCUT2D eigenvalue weighted by molar-refractivity contribution is 0.130. The van der Waals surface area contributed by atoms with E-state index >= 15 is 0 Å².